The van der Waals surface area contributed by atoms with Crippen molar-refractivity contribution in [2.45, 2.75) is 32.4 Å². The van der Waals surface area contributed by atoms with Crippen molar-refractivity contribution in [1.29, 1.82) is 5.26 Å². The van der Waals surface area contributed by atoms with E-state index in [0.29, 0.717) is 18.8 Å². The molecule has 0 spiro atoms. The van der Waals surface area contributed by atoms with E-state index in [1.807, 2.05) is 56.3 Å². The lowest BCUT2D eigenvalue weighted by atomic mass is 9.86. The van der Waals surface area contributed by atoms with Gasteiger partial charge >= 0.3 is 0 Å². The summed E-state index contributed by atoms with van der Waals surface area (Å²) in [6.45, 7) is 4.85. The van der Waals surface area contributed by atoms with Gasteiger partial charge in [-0.05, 0) is 54.8 Å². The monoisotopic (exact) mass is 358 g/mol. The van der Waals surface area contributed by atoms with Gasteiger partial charge in [-0.25, -0.2) is 0 Å². The normalized spacial score (nSPS) is 11.0. The van der Waals surface area contributed by atoms with Crippen LogP contribution in [0, 0.1) is 11.3 Å². The first kappa shape index (κ1) is 18.4. The topological polar surface area (TPSA) is 70.7 Å². The van der Waals surface area contributed by atoms with Crippen molar-refractivity contribution in [2.24, 2.45) is 0 Å². The van der Waals surface area contributed by atoms with Crippen molar-refractivity contribution in [3.05, 3.63) is 94.2 Å². The highest BCUT2D eigenvalue weighted by Crippen LogP contribution is 2.22. The summed E-state index contributed by atoms with van der Waals surface area (Å²) in [6, 6.07) is 17.7. The van der Waals surface area contributed by atoms with Crippen LogP contribution in [-0.4, -0.2) is 9.55 Å². The van der Waals surface area contributed by atoms with Crippen molar-refractivity contribution in [1.82, 2.24) is 9.55 Å². The van der Waals surface area contributed by atoms with Gasteiger partial charge in [0.05, 0.1) is 18.0 Å². The van der Waals surface area contributed by atoms with Gasteiger partial charge < -0.3 is 9.88 Å². The highest BCUT2D eigenvalue weighted by Gasteiger charge is 2.19. The third-order valence-corrected chi connectivity index (χ3v) is 4.56. The summed E-state index contributed by atoms with van der Waals surface area (Å²) in [5.74, 6) is 0. The van der Waals surface area contributed by atoms with Gasteiger partial charge in [0.2, 0.25) is 0 Å². The largest absolute Gasteiger partial charge is 0.377 e. The fraction of sp³-hybridized carbons (Fsp3) is 0.227. The van der Waals surface area contributed by atoms with Gasteiger partial charge in [-0.15, -0.1) is 0 Å². The molecule has 0 radical (unpaired) electrons. The van der Waals surface area contributed by atoms with E-state index in [9.17, 15) is 10.1 Å². The van der Waals surface area contributed by atoms with E-state index in [-0.39, 0.29) is 5.56 Å². The summed E-state index contributed by atoms with van der Waals surface area (Å²) in [7, 11) is 0. The Balaban J connectivity index is 1.71. The molecule has 1 aromatic carbocycles. The summed E-state index contributed by atoms with van der Waals surface area (Å²) in [5, 5.41) is 12.4. The van der Waals surface area contributed by atoms with Gasteiger partial charge in [0, 0.05) is 25.1 Å². The highest BCUT2D eigenvalue weighted by molar-refractivity contribution is 5.42. The maximum Gasteiger partial charge on any atom is 0.274 e. The van der Waals surface area contributed by atoms with Gasteiger partial charge in [-0.1, -0.05) is 24.3 Å². The van der Waals surface area contributed by atoms with E-state index in [1.165, 1.54) is 0 Å². The number of hydrogen-bond donors (Lipinski definition) is 1. The van der Waals surface area contributed by atoms with E-state index in [0.717, 1.165) is 16.7 Å². The first-order valence-electron chi connectivity index (χ1n) is 8.82. The number of hydrogen-bond acceptors (Lipinski definition) is 4. The standard InChI is InChI=1S/C22H22N4O/c1-22(2,16-23)19-7-5-17(6-8-19)14-25-20-4-3-13-26(21(20)27)15-18-9-11-24-12-10-18/h3-13,25H,14-15H2,1-2H3. The molecule has 0 saturated heterocycles. The summed E-state index contributed by atoms with van der Waals surface area (Å²) >= 11 is 0. The van der Waals surface area contributed by atoms with E-state index in [1.54, 1.807) is 29.2 Å². The van der Waals surface area contributed by atoms with Gasteiger partial charge in [-0.2, -0.15) is 5.26 Å². The number of benzene rings is 1. The van der Waals surface area contributed by atoms with E-state index in [4.69, 9.17) is 0 Å². The zero-order valence-corrected chi connectivity index (χ0v) is 15.5. The van der Waals surface area contributed by atoms with Crippen LogP contribution in [-0.2, 0) is 18.5 Å². The Morgan fingerprint density at radius 1 is 1.07 bits per heavy atom. The lowest BCUT2D eigenvalue weighted by Gasteiger charge is -2.16. The minimum Gasteiger partial charge on any atom is -0.377 e. The molecule has 0 amide bonds. The number of anilines is 1. The molecule has 3 aromatic rings. The van der Waals surface area contributed by atoms with Crippen molar-refractivity contribution in [3.8, 4) is 6.07 Å². The maximum absolute atomic E-state index is 12.7. The summed E-state index contributed by atoms with van der Waals surface area (Å²) in [5.41, 5.74) is 3.06. The molecule has 0 aliphatic rings. The highest BCUT2D eigenvalue weighted by atomic mass is 16.1. The van der Waals surface area contributed by atoms with Crippen LogP contribution in [0.2, 0.25) is 0 Å². The Labute approximate surface area is 158 Å². The van der Waals surface area contributed by atoms with Crippen molar-refractivity contribution < 1.29 is 0 Å². The van der Waals surface area contributed by atoms with Crippen LogP contribution in [0.3, 0.4) is 0 Å². The van der Waals surface area contributed by atoms with Crippen LogP contribution < -0.4 is 10.9 Å². The second kappa shape index (κ2) is 7.88. The Morgan fingerprint density at radius 3 is 2.44 bits per heavy atom. The molecule has 27 heavy (non-hydrogen) atoms. The first-order chi connectivity index (χ1) is 13.0. The molecule has 0 aliphatic heterocycles. The van der Waals surface area contributed by atoms with Gasteiger partial charge in [0.15, 0.2) is 0 Å². The quantitative estimate of drug-likeness (QED) is 0.729. The number of aromatic nitrogens is 2. The average Bonchev–Trinajstić information content (AvgIpc) is 2.70. The molecule has 5 nitrogen and oxygen atoms in total. The lowest BCUT2D eigenvalue weighted by Crippen LogP contribution is -2.23. The van der Waals surface area contributed by atoms with Crippen molar-refractivity contribution in [3.63, 3.8) is 0 Å². The fourth-order valence-electron chi connectivity index (χ4n) is 2.78. The van der Waals surface area contributed by atoms with Crippen molar-refractivity contribution >= 4 is 5.69 Å². The Hall–Kier alpha value is -3.39. The van der Waals surface area contributed by atoms with Gasteiger partial charge in [0.25, 0.3) is 5.56 Å². The molecule has 1 N–H and O–H groups in total. The third-order valence-electron chi connectivity index (χ3n) is 4.56. The van der Waals surface area contributed by atoms with Crippen LogP contribution in [0.4, 0.5) is 5.69 Å². The SMILES string of the molecule is CC(C)(C#N)c1ccc(CNc2cccn(Cc3ccncc3)c2=O)cc1. The van der Waals surface area contributed by atoms with Gasteiger partial charge in [0.1, 0.15) is 5.69 Å². The Kier molecular flexibility index (Phi) is 5.37. The molecule has 2 heterocycles. The molecule has 0 aliphatic carbocycles. The molecule has 0 atom stereocenters. The molecule has 0 saturated carbocycles. The van der Waals surface area contributed by atoms with Crippen LogP contribution in [0.1, 0.15) is 30.5 Å². The van der Waals surface area contributed by atoms with E-state index in [2.05, 4.69) is 16.4 Å². The third kappa shape index (κ3) is 4.42. The molecular formula is C22H22N4O. The van der Waals surface area contributed by atoms with Crippen LogP contribution in [0.15, 0.2) is 71.9 Å². The summed E-state index contributed by atoms with van der Waals surface area (Å²) < 4.78 is 1.68. The summed E-state index contributed by atoms with van der Waals surface area (Å²) in [6.07, 6.45) is 5.23. The zero-order chi connectivity index (χ0) is 19.3. The zero-order valence-electron chi connectivity index (χ0n) is 15.5. The Morgan fingerprint density at radius 2 is 1.78 bits per heavy atom. The number of nitrogens with one attached hydrogen (secondary N) is 1. The number of nitrogens with zero attached hydrogens (tertiary/aromatic N) is 3. The molecule has 2 aromatic heterocycles. The van der Waals surface area contributed by atoms with Gasteiger partial charge in [-0.3, -0.25) is 9.78 Å². The molecule has 5 heteroatoms. The molecular weight excluding hydrogens is 336 g/mol. The molecule has 3 rings (SSSR count). The second-order valence-electron chi connectivity index (χ2n) is 7.00. The molecule has 0 unspecified atom stereocenters. The number of pyridine rings is 2. The maximum atomic E-state index is 12.7. The number of nitriles is 1. The predicted octanol–water partition coefficient (Wildman–Crippen LogP) is 3.70. The van der Waals surface area contributed by atoms with Crippen LogP contribution in [0.25, 0.3) is 0 Å². The number of rotatable bonds is 6. The van der Waals surface area contributed by atoms with Crippen molar-refractivity contribution in [2.75, 3.05) is 5.32 Å². The Bertz CT molecular complexity index is 999. The minimum atomic E-state index is -0.508. The second-order valence-corrected chi connectivity index (χ2v) is 7.00. The lowest BCUT2D eigenvalue weighted by molar-refractivity contribution is 0.686. The minimum absolute atomic E-state index is 0.0588. The van der Waals surface area contributed by atoms with E-state index >= 15 is 0 Å². The summed E-state index contributed by atoms with van der Waals surface area (Å²) in [4.78, 5) is 16.7. The smallest absolute Gasteiger partial charge is 0.274 e. The predicted molar refractivity (Wildman–Crippen MR) is 106 cm³/mol. The molecule has 0 bridgehead atoms. The molecule has 0 fully saturated rings. The average molecular weight is 358 g/mol. The first-order valence-corrected chi connectivity index (χ1v) is 8.82. The van der Waals surface area contributed by atoms with Crippen LogP contribution in [0.5, 0.6) is 0 Å². The van der Waals surface area contributed by atoms with Crippen LogP contribution >= 0.6 is 0 Å². The fourth-order valence-corrected chi connectivity index (χ4v) is 2.78. The van der Waals surface area contributed by atoms with E-state index < -0.39 is 5.41 Å². The molecule has 136 valence electrons.